The lowest BCUT2D eigenvalue weighted by Gasteiger charge is -2.17. The molecule has 2 N–H and O–H groups in total. The fourth-order valence-corrected chi connectivity index (χ4v) is 3.00. The maximum Gasteiger partial charge on any atom is 0.273 e. The Morgan fingerprint density at radius 3 is 2.62 bits per heavy atom. The summed E-state index contributed by atoms with van der Waals surface area (Å²) >= 11 is 0. The van der Waals surface area contributed by atoms with E-state index in [0.717, 1.165) is 11.3 Å². The van der Waals surface area contributed by atoms with Crippen molar-refractivity contribution in [2.45, 2.75) is 32.0 Å². The number of rotatable bonds is 8. The average Bonchev–Trinajstić information content (AvgIpc) is 3.21. The molecule has 0 radical (unpaired) electrons. The van der Waals surface area contributed by atoms with Crippen LogP contribution >= 0.6 is 0 Å². The lowest BCUT2D eigenvalue weighted by atomic mass is 10.0. The van der Waals surface area contributed by atoms with Gasteiger partial charge in [-0.1, -0.05) is 42.5 Å². The molecule has 0 unspecified atom stereocenters. The Kier molecular flexibility index (Phi) is 6.56. The summed E-state index contributed by atoms with van der Waals surface area (Å²) in [6, 6.07) is 13.3. The molecule has 0 aliphatic heterocycles. The number of halogens is 1. The van der Waals surface area contributed by atoms with Crippen LogP contribution in [0.25, 0.3) is 0 Å². The molecule has 1 heterocycles. The molecule has 29 heavy (non-hydrogen) atoms. The van der Waals surface area contributed by atoms with Crippen molar-refractivity contribution in [2.75, 3.05) is 7.11 Å². The van der Waals surface area contributed by atoms with Crippen LogP contribution < -0.4 is 10.1 Å². The van der Waals surface area contributed by atoms with Gasteiger partial charge in [-0.25, -0.2) is 9.07 Å². The van der Waals surface area contributed by atoms with Gasteiger partial charge in [-0.15, -0.1) is 5.10 Å². The first-order valence-electron chi connectivity index (χ1n) is 9.29. The van der Waals surface area contributed by atoms with E-state index in [9.17, 15) is 14.3 Å². The van der Waals surface area contributed by atoms with Crippen molar-refractivity contribution in [3.8, 4) is 5.75 Å². The lowest BCUT2D eigenvalue weighted by Crippen LogP contribution is -2.28. The monoisotopic (exact) mass is 398 g/mol. The van der Waals surface area contributed by atoms with Gasteiger partial charge in [0, 0.05) is 5.56 Å². The number of ether oxygens (including phenoxy) is 1. The summed E-state index contributed by atoms with van der Waals surface area (Å²) in [5.74, 6) is -0.131. The second-order valence-corrected chi connectivity index (χ2v) is 6.57. The number of carbonyl (C=O) groups is 1. The number of carbonyl (C=O) groups excluding carboxylic acids is 1. The van der Waals surface area contributed by atoms with Crippen molar-refractivity contribution in [3.05, 3.63) is 77.4 Å². The largest absolute Gasteiger partial charge is 0.497 e. The number of aromatic nitrogens is 3. The van der Waals surface area contributed by atoms with E-state index in [-0.39, 0.29) is 29.8 Å². The van der Waals surface area contributed by atoms with E-state index in [1.807, 2.05) is 31.2 Å². The Morgan fingerprint density at radius 2 is 1.97 bits per heavy atom. The minimum absolute atomic E-state index is 0.0170. The second-order valence-electron chi connectivity index (χ2n) is 6.57. The summed E-state index contributed by atoms with van der Waals surface area (Å²) < 4.78 is 20.3. The van der Waals surface area contributed by atoms with Gasteiger partial charge in [0.1, 0.15) is 17.7 Å². The van der Waals surface area contributed by atoms with Crippen molar-refractivity contribution < 1.29 is 19.0 Å². The zero-order valence-electron chi connectivity index (χ0n) is 16.2. The summed E-state index contributed by atoms with van der Waals surface area (Å²) in [6.07, 6.45) is 1.02. The molecule has 1 amide bonds. The van der Waals surface area contributed by atoms with Crippen LogP contribution in [0.1, 0.15) is 47.1 Å². The van der Waals surface area contributed by atoms with Crippen LogP contribution in [0.2, 0.25) is 0 Å². The smallest absolute Gasteiger partial charge is 0.273 e. The number of hydrogen-bond donors (Lipinski definition) is 2. The number of methoxy groups -OCH3 is 1. The van der Waals surface area contributed by atoms with Crippen molar-refractivity contribution in [2.24, 2.45) is 0 Å². The highest BCUT2D eigenvalue weighted by atomic mass is 19.1. The predicted molar refractivity (Wildman–Crippen MR) is 105 cm³/mol. The maximum atomic E-state index is 13.8. The summed E-state index contributed by atoms with van der Waals surface area (Å²) in [7, 11) is 1.60. The Labute approximate surface area is 168 Å². The molecule has 3 aromatic rings. The van der Waals surface area contributed by atoms with Crippen LogP contribution in [0.3, 0.4) is 0 Å². The lowest BCUT2D eigenvalue weighted by molar-refractivity contribution is 0.0930. The summed E-state index contributed by atoms with van der Waals surface area (Å²) in [6.45, 7) is 1.95. The SMILES string of the molecule is CC[C@H](NC(=O)c1cn(C[C@@H](O)c2ccccc2F)nn1)c1ccc(OC)cc1. The average molecular weight is 398 g/mol. The zero-order chi connectivity index (χ0) is 20.8. The molecule has 0 saturated heterocycles. The first-order valence-corrected chi connectivity index (χ1v) is 9.29. The van der Waals surface area contributed by atoms with E-state index < -0.39 is 11.9 Å². The van der Waals surface area contributed by atoms with Crippen molar-refractivity contribution in [3.63, 3.8) is 0 Å². The molecule has 8 heteroatoms. The fourth-order valence-electron chi connectivity index (χ4n) is 3.00. The van der Waals surface area contributed by atoms with E-state index in [0.29, 0.717) is 6.42 Å². The van der Waals surface area contributed by atoms with Gasteiger partial charge in [0.15, 0.2) is 5.69 Å². The van der Waals surface area contributed by atoms with Gasteiger partial charge in [0.05, 0.1) is 25.9 Å². The third kappa shape index (κ3) is 4.97. The van der Waals surface area contributed by atoms with E-state index in [1.165, 1.54) is 23.0 Å². The van der Waals surface area contributed by atoms with Crippen LogP contribution in [-0.2, 0) is 6.54 Å². The number of nitrogens with one attached hydrogen (secondary N) is 1. The summed E-state index contributed by atoms with van der Waals surface area (Å²) in [5.41, 5.74) is 1.24. The third-order valence-corrected chi connectivity index (χ3v) is 4.63. The van der Waals surface area contributed by atoms with Gasteiger partial charge in [0.2, 0.25) is 0 Å². The molecule has 0 spiro atoms. The Balaban J connectivity index is 1.65. The molecule has 0 bridgehead atoms. The minimum atomic E-state index is -1.10. The third-order valence-electron chi connectivity index (χ3n) is 4.63. The van der Waals surface area contributed by atoms with Gasteiger partial charge >= 0.3 is 0 Å². The van der Waals surface area contributed by atoms with Crippen LogP contribution in [0.15, 0.2) is 54.7 Å². The van der Waals surface area contributed by atoms with Gasteiger partial charge < -0.3 is 15.2 Å². The molecule has 0 aliphatic rings. The number of hydrogen-bond acceptors (Lipinski definition) is 5. The molecule has 2 aromatic carbocycles. The van der Waals surface area contributed by atoms with Crippen molar-refractivity contribution >= 4 is 5.91 Å². The van der Waals surface area contributed by atoms with Crippen molar-refractivity contribution in [1.82, 2.24) is 20.3 Å². The van der Waals surface area contributed by atoms with Crippen molar-refractivity contribution in [1.29, 1.82) is 0 Å². The highest BCUT2D eigenvalue weighted by molar-refractivity contribution is 5.92. The molecule has 2 atom stereocenters. The first kappa shape index (κ1) is 20.5. The van der Waals surface area contributed by atoms with Crippen LogP contribution in [0.4, 0.5) is 4.39 Å². The van der Waals surface area contributed by atoms with Crippen LogP contribution in [0.5, 0.6) is 5.75 Å². The number of aliphatic hydroxyl groups excluding tert-OH is 1. The number of amides is 1. The maximum absolute atomic E-state index is 13.8. The predicted octanol–water partition coefficient (Wildman–Crippen LogP) is 3.04. The number of benzene rings is 2. The van der Waals surface area contributed by atoms with Gasteiger partial charge in [-0.05, 0) is 30.2 Å². The van der Waals surface area contributed by atoms with Gasteiger partial charge in [0.25, 0.3) is 5.91 Å². The topological polar surface area (TPSA) is 89.3 Å². The van der Waals surface area contributed by atoms with Gasteiger partial charge in [-0.2, -0.15) is 0 Å². The standard InChI is InChI=1S/C21H23FN4O3/c1-3-18(14-8-10-15(29-2)11-9-14)23-21(28)19-12-26(25-24-19)13-20(27)16-6-4-5-7-17(16)22/h4-12,18,20,27H,3,13H2,1-2H3,(H,23,28)/t18-,20+/m0/s1. The minimum Gasteiger partial charge on any atom is -0.497 e. The Bertz CT molecular complexity index is 959. The number of nitrogens with zero attached hydrogens (tertiary/aromatic N) is 3. The van der Waals surface area contributed by atoms with Crippen LogP contribution in [-0.4, -0.2) is 33.1 Å². The van der Waals surface area contributed by atoms with E-state index in [2.05, 4.69) is 15.6 Å². The zero-order valence-corrected chi connectivity index (χ0v) is 16.2. The Hall–Kier alpha value is -3.26. The fraction of sp³-hybridized carbons (Fsp3) is 0.286. The Morgan fingerprint density at radius 1 is 1.24 bits per heavy atom. The molecule has 0 fully saturated rings. The highest BCUT2D eigenvalue weighted by Gasteiger charge is 2.19. The van der Waals surface area contributed by atoms with E-state index in [4.69, 9.17) is 4.74 Å². The summed E-state index contributed by atoms with van der Waals surface area (Å²) in [5, 5.41) is 20.9. The normalized spacial score (nSPS) is 13.0. The molecular weight excluding hydrogens is 375 g/mol. The molecule has 1 aromatic heterocycles. The highest BCUT2D eigenvalue weighted by Crippen LogP contribution is 2.21. The molecule has 7 nitrogen and oxygen atoms in total. The quantitative estimate of drug-likeness (QED) is 0.609. The second kappa shape index (κ2) is 9.29. The molecule has 3 rings (SSSR count). The number of aliphatic hydroxyl groups is 1. The molecule has 152 valence electrons. The van der Waals surface area contributed by atoms with E-state index in [1.54, 1.807) is 19.2 Å². The molecular formula is C21H23FN4O3. The molecule has 0 saturated carbocycles. The summed E-state index contributed by atoms with van der Waals surface area (Å²) in [4.78, 5) is 12.6. The van der Waals surface area contributed by atoms with E-state index >= 15 is 0 Å². The van der Waals surface area contributed by atoms with Crippen LogP contribution in [0, 0.1) is 5.82 Å². The molecule has 0 aliphatic carbocycles. The van der Waals surface area contributed by atoms with Gasteiger partial charge in [-0.3, -0.25) is 4.79 Å². The first-order chi connectivity index (χ1) is 14.0.